The van der Waals surface area contributed by atoms with Crippen molar-refractivity contribution < 1.29 is 9.59 Å². The van der Waals surface area contributed by atoms with E-state index in [4.69, 9.17) is 0 Å². The predicted molar refractivity (Wildman–Crippen MR) is 66.1 cm³/mol. The van der Waals surface area contributed by atoms with Crippen LogP contribution in [0.1, 0.15) is 13.3 Å². The SMILES string of the molecule is CCCNC(=O)C(=O)Nc1cccc(Br)c1. The summed E-state index contributed by atoms with van der Waals surface area (Å²) in [4.78, 5) is 22.6. The van der Waals surface area contributed by atoms with Crippen LogP contribution < -0.4 is 10.6 Å². The lowest BCUT2D eigenvalue weighted by Crippen LogP contribution is -2.35. The maximum absolute atomic E-state index is 11.4. The van der Waals surface area contributed by atoms with Gasteiger partial charge in [-0.05, 0) is 24.6 Å². The van der Waals surface area contributed by atoms with E-state index in [2.05, 4.69) is 26.6 Å². The van der Waals surface area contributed by atoms with Gasteiger partial charge in [-0.3, -0.25) is 9.59 Å². The van der Waals surface area contributed by atoms with E-state index in [0.29, 0.717) is 12.2 Å². The molecular weight excluding hydrogens is 272 g/mol. The summed E-state index contributed by atoms with van der Waals surface area (Å²) in [6.45, 7) is 2.43. The van der Waals surface area contributed by atoms with Crippen molar-refractivity contribution in [1.82, 2.24) is 5.32 Å². The third-order valence-electron chi connectivity index (χ3n) is 1.82. The molecule has 86 valence electrons. The Balaban J connectivity index is 2.54. The molecule has 0 aliphatic heterocycles. The standard InChI is InChI=1S/C11H13BrN2O2/c1-2-6-13-10(15)11(16)14-9-5-3-4-8(12)7-9/h3-5,7H,2,6H2,1H3,(H,13,15)(H,14,16). The smallest absolute Gasteiger partial charge is 0.313 e. The highest BCUT2D eigenvalue weighted by atomic mass is 79.9. The van der Waals surface area contributed by atoms with Crippen LogP contribution >= 0.6 is 15.9 Å². The number of halogens is 1. The Kier molecular flexibility index (Phi) is 4.98. The molecule has 2 amide bonds. The highest BCUT2D eigenvalue weighted by Crippen LogP contribution is 2.15. The molecular formula is C11H13BrN2O2. The van der Waals surface area contributed by atoms with Gasteiger partial charge >= 0.3 is 11.8 Å². The molecule has 0 radical (unpaired) electrons. The van der Waals surface area contributed by atoms with Crippen LogP contribution in [0.3, 0.4) is 0 Å². The second-order valence-electron chi connectivity index (χ2n) is 3.22. The van der Waals surface area contributed by atoms with E-state index < -0.39 is 11.8 Å². The first-order valence-corrected chi connectivity index (χ1v) is 5.77. The molecule has 0 aliphatic rings. The third-order valence-corrected chi connectivity index (χ3v) is 2.32. The minimum atomic E-state index is -0.647. The Bertz CT molecular complexity index is 393. The van der Waals surface area contributed by atoms with Crippen LogP contribution in [0.2, 0.25) is 0 Å². The maximum atomic E-state index is 11.4. The highest BCUT2D eigenvalue weighted by molar-refractivity contribution is 9.10. The highest BCUT2D eigenvalue weighted by Gasteiger charge is 2.12. The van der Waals surface area contributed by atoms with Crippen LogP contribution in [0.5, 0.6) is 0 Å². The lowest BCUT2D eigenvalue weighted by atomic mass is 10.3. The first-order chi connectivity index (χ1) is 7.63. The van der Waals surface area contributed by atoms with Gasteiger partial charge in [0.15, 0.2) is 0 Å². The van der Waals surface area contributed by atoms with Crippen LogP contribution in [0, 0.1) is 0 Å². The van der Waals surface area contributed by atoms with E-state index in [1.807, 2.05) is 13.0 Å². The van der Waals surface area contributed by atoms with Crippen LogP contribution in [0.4, 0.5) is 5.69 Å². The fourth-order valence-corrected chi connectivity index (χ4v) is 1.47. The largest absolute Gasteiger partial charge is 0.348 e. The van der Waals surface area contributed by atoms with Crippen molar-refractivity contribution in [2.75, 3.05) is 11.9 Å². The molecule has 1 aromatic carbocycles. The molecule has 0 heterocycles. The van der Waals surface area contributed by atoms with Crippen molar-refractivity contribution in [2.45, 2.75) is 13.3 Å². The fourth-order valence-electron chi connectivity index (χ4n) is 1.07. The van der Waals surface area contributed by atoms with Gasteiger partial charge in [-0.1, -0.05) is 28.9 Å². The first-order valence-electron chi connectivity index (χ1n) is 4.98. The average molecular weight is 285 g/mol. The number of carbonyl (C=O) groups is 2. The topological polar surface area (TPSA) is 58.2 Å². The number of hydrogen-bond donors (Lipinski definition) is 2. The zero-order valence-corrected chi connectivity index (χ0v) is 10.5. The van der Waals surface area contributed by atoms with E-state index in [-0.39, 0.29) is 0 Å². The lowest BCUT2D eigenvalue weighted by Gasteiger charge is -2.05. The fraction of sp³-hybridized carbons (Fsp3) is 0.273. The van der Waals surface area contributed by atoms with Crippen molar-refractivity contribution in [3.8, 4) is 0 Å². The molecule has 0 bridgehead atoms. The lowest BCUT2D eigenvalue weighted by molar-refractivity contribution is -0.136. The van der Waals surface area contributed by atoms with E-state index in [1.165, 1.54) is 0 Å². The van der Waals surface area contributed by atoms with Crippen molar-refractivity contribution in [3.05, 3.63) is 28.7 Å². The Labute approximate surface area is 103 Å². The second kappa shape index (κ2) is 6.27. The molecule has 1 rings (SSSR count). The Hall–Kier alpha value is -1.36. The Morgan fingerprint density at radius 1 is 1.31 bits per heavy atom. The summed E-state index contributed by atoms with van der Waals surface area (Å²) in [5, 5.41) is 5.01. The molecule has 0 aromatic heterocycles. The normalized spacial score (nSPS) is 9.62. The van der Waals surface area contributed by atoms with Crippen LogP contribution in [-0.4, -0.2) is 18.4 Å². The molecule has 0 saturated carbocycles. The summed E-state index contributed by atoms with van der Waals surface area (Å²) in [5.41, 5.74) is 0.589. The maximum Gasteiger partial charge on any atom is 0.313 e. The van der Waals surface area contributed by atoms with E-state index in [0.717, 1.165) is 10.9 Å². The third kappa shape index (κ3) is 4.02. The van der Waals surface area contributed by atoms with Crippen molar-refractivity contribution >= 4 is 33.4 Å². The van der Waals surface area contributed by atoms with E-state index >= 15 is 0 Å². The summed E-state index contributed by atoms with van der Waals surface area (Å²) in [7, 11) is 0. The minimum Gasteiger partial charge on any atom is -0.348 e. The molecule has 0 atom stereocenters. The molecule has 2 N–H and O–H groups in total. The van der Waals surface area contributed by atoms with Gasteiger partial charge in [0.1, 0.15) is 0 Å². The summed E-state index contributed by atoms with van der Waals surface area (Å²) >= 11 is 3.28. The number of amides is 2. The molecule has 1 aromatic rings. The number of benzene rings is 1. The summed E-state index contributed by atoms with van der Waals surface area (Å²) < 4.78 is 0.847. The van der Waals surface area contributed by atoms with E-state index in [1.54, 1.807) is 18.2 Å². The minimum absolute atomic E-state index is 0.505. The predicted octanol–water partition coefficient (Wildman–Crippen LogP) is 1.91. The quantitative estimate of drug-likeness (QED) is 0.833. The Morgan fingerprint density at radius 3 is 2.69 bits per heavy atom. The van der Waals surface area contributed by atoms with Crippen molar-refractivity contribution in [3.63, 3.8) is 0 Å². The zero-order valence-electron chi connectivity index (χ0n) is 8.92. The van der Waals surface area contributed by atoms with Gasteiger partial charge < -0.3 is 10.6 Å². The van der Waals surface area contributed by atoms with Crippen molar-refractivity contribution in [2.24, 2.45) is 0 Å². The van der Waals surface area contributed by atoms with Gasteiger partial charge in [0.25, 0.3) is 0 Å². The van der Waals surface area contributed by atoms with Gasteiger partial charge in [-0.2, -0.15) is 0 Å². The van der Waals surface area contributed by atoms with Gasteiger partial charge in [0.05, 0.1) is 0 Å². The summed E-state index contributed by atoms with van der Waals surface area (Å²) in [6.07, 6.45) is 0.801. The molecule has 4 nitrogen and oxygen atoms in total. The molecule has 16 heavy (non-hydrogen) atoms. The molecule has 0 spiro atoms. The first kappa shape index (κ1) is 12.7. The second-order valence-corrected chi connectivity index (χ2v) is 4.14. The zero-order chi connectivity index (χ0) is 12.0. The molecule has 0 unspecified atom stereocenters. The molecule has 0 saturated heterocycles. The number of carbonyl (C=O) groups excluding carboxylic acids is 2. The molecule has 0 aliphatic carbocycles. The van der Waals surface area contributed by atoms with Crippen molar-refractivity contribution in [1.29, 1.82) is 0 Å². The number of anilines is 1. The van der Waals surface area contributed by atoms with Gasteiger partial charge in [-0.25, -0.2) is 0 Å². The van der Waals surface area contributed by atoms with Gasteiger partial charge in [0.2, 0.25) is 0 Å². The number of hydrogen-bond acceptors (Lipinski definition) is 2. The summed E-state index contributed by atoms with van der Waals surface area (Å²) in [6, 6.07) is 7.07. The monoisotopic (exact) mass is 284 g/mol. The van der Waals surface area contributed by atoms with Crippen LogP contribution in [0.25, 0.3) is 0 Å². The number of rotatable bonds is 3. The van der Waals surface area contributed by atoms with Crippen LogP contribution in [-0.2, 0) is 9.59 Å². The number of nitrogens with one attached hydrogen (secondary N) is 2. The van der Waals surface area contributed by atoms with Gasteiger partial charge in [-0.15, -0.1) is 0 Å². The summed E-state index contributed by atoms with van der Waals surface area (Å²) in [5.74, 6) is -1.26. The van der Waals surface area contributed by atoms with Gasteiger partial charge in [0, 0.05) is 16.7 Å². The molecule has 5 heteroatoms. The van der Waals surface area contributed by atoms with E-state index in [9.17, 15) is 9.59 Å². The average Bonchev–Trinajstić information content (AvgIpc) is 2.25. The van der Waals surface area contributed by atoms with Crippen LogP contribution in [0.15, 0.2) is 28.7 Å². The Morgan fingerprint density at radius 2 is 2.06 bits per heavy atom. The molecule has 0 fully saturated rings.